The van der Waals surface area contributed by atoms with Crippen LogP contribution in [0.1, 0.15) is 81.8 Å². The van der Waals surface area contributed by atoms with Gasteiger partial charge in [0.2, 0.25) is 0 Å². The van der Waals surface area contributed by atoms with Crippen LogP contribution in [0.25, 0.3) is 71.6 Å². The highest BCUT2D eigenvalue weighted by Gasteiger charge is 2.77. The monoisotopic (exact) mass is 878 g/mol. The molecular weight excluding hydrogens is 821 g/mol. The number of aromatic nitrogens is 1. The van der Waals surface area contributed by atoms with Crippen LogP contribution in [0.4, 0.5) is 11.4 Å². The van der Waals surface area contributed by atoms with Gasteiger partial charge < -0.3 is 9.88 Å². The van der Waals surface area contributed by atoms with Crippen molar-refractivity contribution in [1.82, 2.24) is 4.57 Å². The lowest BCUT2D eigenvalue weighted by atomic mass is 9.38. The van der Waals surface area contributed by atoms with E-state index >= 15 is 0 Å². The molecule has 1 heterocycles. The molecule has 8 aliphatic rings. The van der Waals surface area contributed by atoms with Crippen LogP contribution in [0.15, 0.2) is 176 Å². The molecular formula is C66H58N2. The summed E-state index contributed by atoms with van der Waals surface area (Å²) in [5.74, 6) is 5.74. The Hall–Kier alpha value is -6.38. The number of anilines is 2. The second-order valence-corrected chi connectivity index (χ2v) is 23.5. The molecule has 0 saturated heterocycles. The highest BCUT2D eigenvalue weighted by molar-refractivity contribution is 6.10. The lowest BCUT2D eigenvalue weighted by Gasteiger charge is -2.66. The average molecular weight is 879 g/mol. The van der Waals surface area contributed by atoms with E-state index in [9.17, 15) is 0 Å². The Balaban J connectivity index is 0.889. The van der Waals surface area contributed by atoms with E-state index in [1.165, 1.54) is 142 Å². The molecule has 2 heteroatoms. The van der Waals surface area contributed by atoms with Gasteiger partial charge in [0.15, 0.2) is 0 Å². The third kappa shape index (κ3) is 5.46. The molecule has 17 rings (SSSR count). The van der Waals surface area contributed by atoms with Gasteiger partial charge in [0.05, 0.1) is 11.0 Å². The molecule has 2 atom stereocenters. The van der Waals surface area contributed by atoms with Gasteiger partial charge in [0.25, 0.3) is 0 Å². The van der Waals surface area contributed by atoms with Crippen molar-refractivity contribution in [2.45, 2.75) is 81.5 Å². The van der Waals surface area contributed by atoms with Gasteiger partial charge in [-0.3, -0.25) is 0 Å². The first-order valence-electron chi connectivity index (χ1n) is 26.2. The number of hydrogen-bond donors (Lipinski definition) is 1. The summed E-state index contributed by atoms with van der Waals surface area (Å²) in [7, 11) is 0. The zero-order chi connectivity index (χ0) is 44.3. The lowest BCUT2D eigenvalue weighted by molar-refractivity contribution is -0.175. The molecule has 6 bridgehead atoms. The van der Waals surface area contributed by atoms with Gasteiger partial charge in [0.1, 0.15) is 0 Å². The van der Waals surface area contributed by atoms with Gasteiger partial charge in [0, 0.05) is 33.4 Å². The Morgan fingerprint density at radius 2 is 0.956 bits per heavy atom. The largest absolute Gasteiger partial charge is 0.355 e. The van der Waals surface area contributed by atoms with Crippen LogP contribution >= 0.6 is 0 Å². The van der Waals surface area contributed by atoms with Crippen molar-refractivity contribution in [3.63, 3.8) is 0 Å². The Labute approximate surface area is 400 Å². The molecule has 8 aliphatic carbocycles. The minimum absolute atomic E-state index is 0.346. The smallest absolute Gasteiger partial charge is 0.0541 e. The van der Waals surface area contributed by atoms with Crippen molar-refractivity contribution in [3.05, 3.63) is 187 Å². The molecule has 2 nitrogen and oxygen atoms in total. The average Bonchev–Trinajstić information content (AvgIpc) is 3.99. The van der Waals surface area contributed by atoms with E-state index in [2.05, 4.69) is 186 Å². The van der Waals surface area contributed by atoms with Gasteiger partial charge in [-0.05, 0) is 239 Å². The number of nitrogens with zero attached hydrogens (tertiary/aromatic N) is 1. The molecule has 1 aromatic heterocycles. The van der Waals surface area contributed by atoms with Crippen LogP contribution < -0.4 is 5.32 Å². The maximum absolute atomic E-state index is 3.93. The van der Waals surface area contributed by atoms with Crippen LogP contribution in [-0.4, -0.2) is 4.57 Å². The predicted octanol–water partition coefficient (Wildman–Crippen LogP) is 17.2. The van der Waals surface area contributed by atoms with Gasteiger partial charge >= 0.3 is 0 Å². The molecule has 332 valence electrons. The second-order valence-electron chi connectivity index (χ2n) is 23.5. The van der Waals surface area contributed by atoms with Gasteiger partial charge in [-0.25, -0.2) is 0 Å². The SMILES string of the molecule is c1ccc(-c2ccc(Nc3cc4ccccc4cc3-c3cc(-c4ccccc4)cc(-n4c5ccc(C67CC8CC(CC(C8)C6)C7)cc5c5cc(C67CC8CC9CC(C6)C98C7)ccc54)c3)cc2)cc1. The first-order valence-corrected chi connectivity index (χ1v) is 26.2. The first kappa shape index (κ1) is 38.6. The van der Waals surface area contributed by atoms with Crippen LogP contribution in [0.2, 0.25) is 0 Å². The second kappa shape index (κ2) is 13.9. The molecule has 0 aliphatic heterocycles. The maximum Gasteiger partial charge on any atom is 0.0541 e. The predicted molar refractivity (Wildman–Crippen MR) is 282 cm³/mol. The molecule has 8 saturated carbocycles. The van der Waals surface area contributed by atoms with Crippen molar-refractivity contribution >= 4 is 44.0 Å². The molecule has 9 aromatic rings. The number of hydrogen-bond acceptors (Lipinski definition) is 1. The molecule has 8 fully saturated rings. The van der Waals surface area contributed by atoms with E-state index in [1.54, 1.807) is 11.1 Å². The van der Waals surface area contributed by atoms with E-state index in [4.69, 9.17) is 0 Å². The number of nitrogens with one attached hydrogen (secondary N) is 1. The fourth-order valence-electron chi connectivity index (χ4n) is 17.6. The van der Waals surface area contributed by atoms with Crippen LogP contribution in [-0.2, 0) is 10.8 Å². The topological polar surface area (TPSA) is 17.0 Å². The van der Waals surface area contributed by atoms with E-state index in [0.29, 0.717) is 16.2 Å². The third-order valence-electron chi connectivity index (χ3n) is 20.1. The fraction of sp³-hybridized carbons (Fsp3) is 0.303. The Bertz CT molecular complexity index is 3400. The minimum atomic E-state index is 0.346. The molecule has 8 aromatic carbocycles. The summed E-state index contributed by atoms with van der Waals surface area (Å²) in [4.78, 5) is 0. The summed E-state index contributed by atoms with van der Waals surface area (Å²) >= 11 is 0. The highest BCUT2D eigenvalue weighted by atomic mass is 15.0. The summed E-state index contributed by atoms with van der Waals surface area (Å²) in [6.07, 6.45) is 15.9. The van der Waals surface area contributed by atoms with E-state index in [-0.39, 0.29) is 0 Å². The molecule has 0 radical (unpaired) electrons. The summed E-state index contributed by atoms with van der Waals surface area (Å²) in [6, 6.07) is 67.4. The van der Waals surface area contributed by atoms with Crippen LogP contribution in [0.5, 0.6) is 0 Å². The molecule has 2 unspecified atom stereocenters. The third-order valence-corrected chi connectivity index (χ3v) is 20.1. The van der Waals surface area contributed by atoms with Gasteiger partial charge in [-0.1, -0.05) is 109 Å². The van der Waals surface area contributed by atoms with Crippen molar-refractivity contribution < 1.29 is 0 Å². The summed E-state index contributed by atoms with van der Waals surface area (Å²) in [6.45, 7) is 0. The summed E-state index contributed by atoms with van der Waals surface area (Å²) in [5.41, 5.74) is 18.1. The Kier molecular flexibility index (Phi) is 7.87. The maximum atomic E-state index is 3.93. The van der Waals surface area contributed by atoms with Gasteiger partial charge in [-0.2, -0.15) is 0 Å². The molecule has 1 N–H and O–H groups in total. The van der Waals surface area contributed by atoms with Crippen molar-refractivity contribution in [2.75, 3.05) is 5.32 Å². The van der Waals surface area contributed by atoms with E-state index in [0.717, 1.165) is 46.9 Å². The van der Waals surface area contributed by atoms with Crippen molar-refractivity contribution in [3.8, 4) is 39.1 Å². The van der Waals surface area contributed by atoms with Crippen molar-refractivity contribution in [1.29, 1.82) is 0 Å². The van der Waals surface area contributed by atoms with E-state index in [1.807, 2.05) is 0 Å². The van der Waals surface area contributed by atoms with Crippen molar-refractivity contribution in [2.24, 2.45) is 40.9 Å². The normalized spacial score (nSPS) is 30.2. The quantitative estimate of drug-likeness (QED) is 0.161. The Morgan fingerprint density at radius 1 is 0.412 bits per heavy atom. The lowest BCUT2D eigenvalue weighted by Crippen LogP contribution is -2.59. The van der Waals surface area contributed by atoms with Gasteiger partial charge in [-0.15, -0.1) is 0 Å². The van der Waals surface area contributed by atoms with Crippen LogP contribution in [0, 0.1) is 40.9 Å². The minimum Gasteiger partial charge on any atom is -0.355 e. The number of fused-ring (bicyclic) bond motifs is 5. The molecule has 68 heavy (non-hydrogen) atoms. The molecule has 1 spiro atoms. The zero-order valence-electron chi connectivity index (χ0n) is 38.9. The number of rotatable bonds is 8. The standard InChI is InChI=1S/C66H58N2/c1-3-9-44(10-4-1)46-15-19-56(20-16-46)67-61-30-48-14-8-7-13-47(48)29-58(61)50-26-49(45-11-5-2-6-12-45)27-57(28-50)68-62-21-17-51(64-35-41-23-42(36-64)25-43(24-41)37-64)33-59(62)60-34-52(18-22-63(60)68)65-38-54-31-53-32-55(39-65)66(53,54)40-65/h1-22,26-30,33-34,41-43,53-55,67H,23-25,31-32,35-40H2. The fourth-order valence-corrected chi connectivity index (χ4v) is 17.6. The Morgan fingerprint density at radius 3 is 1.56 bits per heavy atom. The van der Waals surface area contributed by atoms with E-state index < -0.39 is 0 Å². The number of benzene rings is 8. The highest BCUT2D eigenvalue weighted by Crippen LogP contribution is 2.84. The summed E-state index contributed by atoms with van der Waals surface area (Å²) in [5, 5.41) is 9.32. The van der Waals surface area contributed by atoms with Crippen LogP contribution in [0.3, 0.4) is 0 Å². The molecule has 0 amide bonds. The zero-order valence-corrected chi connectivity index (χ0v) is 38.9. The summed E-state index contributed by atoms with van der Waals surface area (Å²) < 4.78 is 2.65. The first-order chi connectivity index (χ1) is 33.5.